The van der Waals surface area contributed by atoms with E-state index in [1.165, 1.54) is 24.3 Å². The molecule has 0 heterocycles. The van der Waals surface area contributed by atoms with Crippen LogP contribution in [0.5, 0.6) is 0 Å². The van der Waals surface area contributed by atoms with E-state index in [-0.39, 0.29) is 11.8 Å². The van der Waals surface area contributed by atoms with Gasteiger partial charge in [0.25, 0.3) is 0 Å². The quantitative estimate of drug-likeness (QED) is 0.577. The lowest BCUT2D eigenvalue weighted by Crippen LogP contribution is -2.16. The Balaban J connectivity index is 1.95. The Labute approximate surface area is 129 Å². The average molecular weight is 298 g/mol. The molecule has 2 rings (SSSR count). The van der Waals surface area contributed by atoms with Gasteiger partial charge in [0.1, 0.15) is 0 Å². The van der Waals surface area contributed by atoms with Crippen LogP contribution >= 0.6 is 0 Å². The molecule has 0 aromatic heterocycles. The van der Waals surface area contributed by atoms with E-state index < -0.39 is 23.1 Å². The molecule has 0 fully saturated rings. The van der Waals surface area contributed by atoms with Gasteiger partial charge < -0.3 is 0 Å². The molecule has 4 nitrogen and oxygen atoms in total. The van der Waals surface area contributed by atoms with E-state index in [2.05, 4.69) is 13.8 Å². The Kier molecular flexibility index (Phi) is 4.81. The fourth-order valence-electron chi connectivity index (χ4n) is 2.50. The zero-order valence-corrected chi connectivity index (χ0v) is 12.7. The number of carbonyl (C=O) groups is 4. The maximum absolute atomic E-state index is 11.4. The first kappa shape index (κ1) is 16.0. The molecular weight excluding hydrogens is 280 g/mol. The highest BCUT2D eigenvalue weighted by molar-refractivity contribution is 6.47. The molecule has 4 heteroatoms. The third kappa shape index (κ3) is 3.85. The first-order valence-corrected chi connectivity index (χ1v) is 7.30. The van der Waals surface area contributed by atoms with Gasteiger partial charge in [0.05, 0.1) is 0 Å². The van der Waals surface area contributed by atoms with Crippen LogP contribution in [0.3, 0.4) is 0 Å². The maximum Gasteiger partial charge on any atom is 0.225 e. The lowest BCUT2D eigenvalue weighted by Gasteiger charge is -2.22. The second-order valence-corrected chi connectivity index (χ2v) is 5.92. The van der Waals surface area contributed by atoms with Crippen molar-refractivity contribution in [3.8, 4) is 0 Å². The van der Waals surface area contributed by atoms with Gasteiger partial charge in [-0.3, -0.25) is 19.2 Å². The predicted octanol–water partition coefficient (Wildman–Crippen LogP) is 2.31. The molecule has 2 unspecified atom stereocenters. The Morgan fingerprint density at radius 2 is 1.00 bits per heavy atom. The molecule has 2 aliphatic rings. The highest BCUT2D eigenvalue weighted by Crippen LogP contribution is 2.27. The summed E-state index contributed by atoms with van der Waals surface area (Å²) in [6.45, 7) is 4.14. The van der Waals surface area contributed by atoms with Crippen LogP contribution < -0.4 is 0 Å². The summed E-state index contributed by atoms with van der Waals surface area (Å²) in [7, 11) is 0. The van der Waals surface area contributed by atoms with Crippen LogP contribution in [0.2, 0.25) is 0 Å². The molecule has 0 aromatic carbocycles. The van der Waals surface area contributed by atoms with E-state index in [9.17, 15) is 19.2 Å². The topological polar surface area (TPSA) is 68.3 Å². The van der Waals surface area contributed by atoms with Crippen molar-refractivity contribution in [3.05, 3.63) is 47.6 Å². The first-order chi connectivity index (χ1) is 10.4. The van der Waals surface area contributed by atoms with Crippen molar-refractivity contribution >= 4 is 23.1 Å². The van der Waals surface area contributed by atoms with E-state index in [4.69, 9.17) is 0 Å². The third-order valence-corrected chi connectivity index (χ3v) is 4.10. The highest BCUT2D eigenvalue weighted by Gasteiger charge is 2.20. The molecule has 0 spiro atoms. The lowest BCUT2D eigenvalue weighted by atomic mass is 9.83. The Morgan fingerprint density at radius 3 is 1.32 bits per heavy atom. The van der Waals surface area contributed by atoms with E-state index in [0.29, 0.717) is 12.8 Å². The SMILES string of the molecule is CC(CC1=CC(=O)C(=O)C=C1)C(C)CC1=CC(=O)C(=O)C=C1. The number of allylic oxidation sites excluding steroid dienone is 8. The van der Waals surface area contributed by atoms with Gasteiger partial charge in [-0.25, -0.2) is 0 Å². The second-order valence-electron chi connectivity index (χ2n) is 5.92. The molecule has 0 radical (unpaired) electrons. The molecule has 0 saturated carbocycles. The van der Waals surface area contributed by atoms with Crippen LogP contribution in [0.15, 0.2) is 47.6 Å². The van der Waals surface area contributed by atoms with Gasteiger partial charge in [-0.2, -0.15) is 0 Å². The van der Waals surface area contributed by atoms with Crippen molar-refractivity contribution in [2.45, 2.75) is 26.7 Å². The van der Waals surface area contributed by atoms with E-state index in [1.54, 1.807) is 12.2 Å². The standard InChI is InChI=1S/C18H18O4/c1-11(7-13-3-5-15(19)17(21)9-13)12(2)8-14-4-6-16(20)18(22)10-14/h3-6,9-12H,7-8H2,1-2H3. The summed E-state index contributed by atoms with van der Waals surface area (Å²) in [5.41, 5.74) is 1.70. The molecule has 0 aromatic rings. The number of rotatable bonds is 5. The summed E-state index contributed by atoms with van der Waals surface area (Å²) < 4.78 is 0. The minimum absolute atomic E-state index is 0.277. The molecule has 2 atom stereocenters. The number of hydrogen-bond acceptors (Lipinski definition) is 4. The number of hydrogen-bond donors (Lipinski definition) is 0. The molecule has 0 bridgehead atoms. The molecule has 22 heavy (non-hydrogen) atoms. The summed E-state index contributed by atoms with van der Waals surface area (Å²) in [6, 6.07) is 0. The third-order valence-electron chi connectivity index (χ3n) is 4.10. The summed E-state index contributed by atoms with van der Waals surface area (Å²) in [4.78, 5) is 45.0. The summed E-state index contributed by atoms with van der Waals surface area (Å²) in [5, 5.41) is 0. The zero-order chi connectivity index (χ0) is 16.3. The van der Waals surface area contributed by atoms with E-state index >= 15 is 0 Å². The Bertz CT molecular complexity index is 601. The second kappa shape index (κ2) is 6.60. The van der Waals surface area contributed by atoms with Crippen LogP contribution in [-0.2, 0) is 19.2 Å². The first-order valence-electron chi connectivity index (χ1n) is 7.30. The number of carbonyl (C=O) groups excluding carboxylic acids is 4. The van der Waals surface area contributed by atoms with Gasteiger partial charge in [-0.05, 0) is 60.1 Å². The molecule has 0 N–H and O–H groups in total. The van der Waals surface area contributed by atoms with Gasteiger partial charge in [0.2, 0.25) is 23.1 Å². The average Bonchev–Trinajstić information content (AvgIpc) is 2.46. The molecule has 0 saturated heterocycles. The van der Waals surface area contributed by atoms with Crippen LogP contribution in [-0.4, -0.2) is 23.1 Å². The lowest BCUT2D eigenvalue weighted by molar-refractivity contribution is -0.131. The van der Waals surface area contributed by atoms with Crippen LogP contribution in [0.4, 0.5) is 0 Å². The van der Waals surface area contributed by atoms with Gasteiger partial charge >= 0.3 is 0 Å². The normalized spacial score (nSPS) is 20.8. The van der Waals surface area contributed by atoms with Gasteiger partial charge in [0, 0.05) is 0 Å². The van der Waals surface area contributed by atoms with Crippen LogP contribution in [0.1, 0.15) is 26.7 Å². The summed E-state index contributed by atoms with van der Waals surface area (Å²) in [6.07, 6.45) is 10.2. The van der Waals surface area contributed by atoms with Gasteiger partial charge in [0.15, 0.2) is 0 Å². The Morgan fingerprint density at radius 1 is 0.636 bits per heavy atom. The minimum atomic E-state index is -0.481. The monoisotopic (exact) mass is 298 g/mol. The molecule has 0 amide bonds. The van der Waals surface area contributed by atoms with Crippen molar-refractivity contribution in [2.75, 3.05) is 0 Å². The van der Waals surface area contributed by atoms with Crippen LogP contribution in [0, 0.1) is 11.8 Å². The summed E-state index contributed by atoms with van der Waals surface area (Å²) in [5.74, 6) is -1.35. The zero-order valence-electron chi connectivity index (χ0n) is 12.7. The minimum Gasteiger partial charge on any atom is -0.286 e. The predicted molar refractivity (Wildman–Crippen MR) is 82.0 cm³/mol. The van der Waals surface area contributed by atoms with Crippen molar-refractivity contribution in [3.63, 3.8) is 0 Å². The van der Waals surface area contributed by atoms with Crippen LogP contribution in [0.25, 0.3) is 0 Å². The molecule has 2 aliphatic carbocycles. The van der Waals surface area contributed by atoms with Crippen molar-refractivity contribution < 1.29 is 19.2 Å². The fourth-order valence-corrected chi connectivity index (χ4v) is 2.50. The largest absolute Gasteiger partial charge is 0.286 e. The van der Waals surface area contributed by atoms with Gasteiger partial charge in [-0.1, -0.05) is 26.0 Å². The van der Waals surface area contributed by atoms with Crippen molar-refractivity contribution in [1.82, 2.24) is 0 Å². The summed E-state index contributed by atoms with van der Waals surface area (Å²) >= 11 is 0. The number of ketones is 4. The molecule has 114 valence electrons. The molecular formula is C18H18O4. The van der Waals surface area contributed by atoms with Crippen molar-refractivity contribution in [1.29, 1.82) is 0 Å². The van der Waals surface area contributed by atoms with E-state index in [1.807, 2.05) is 0 Å². The van der Waals surface area contributed by atoms with Crippen molar-refractivity contribution in [2.24, 2.45) is 11.8 Å². The molecule has 0 aliphatic heterocycles. The Hall–Kier alpha value is -2.36. The smallest absolute Gasteiger partial charge is 0.225 e. The van der Waals surface area contributed by atoms with E-state index in [0.717, 1.165) is 11.1 Å². The van der Waals surface area contributed by atoms with Gasteiger partial charge in [-0.15, -0.1) is 0 Å². The fraction of sp³-hybridized carbons (Fsp3) is 0.333. The highest BCUT2D eigenvalue weighted by atomic mass is 16.2. The maximum atomic E-state index is 11.4.